The average Bonchev–Trinajstić information content (AvgIpc) is 2.17. The zero-order valence-corrected chi connectivity index (χ0v) is 7.87. The van der Waals surface area contributed by atoms with Crippen LogP contribution in [0.3, 0.4) is 0 Å². The van der Waals surface area contributed by atoms with Crippen molar-refractivity contribution in [3.63, 3.8) is 0 Å². The third kappa shape index (κ3) is 1.21. The molecule has 0 saturated heterocycles. The number of aliphatic imine (C=N–C) groups is 1. The lowest BCUT2D eigenvalue weighted by Gasteiger charge is -2.19. The van der Waals surface area contributed by atoms with Gasteiger partial charge in [-0.25, -0.2) is 4.99 Å². The Labute approximate surface area is 82.1 Å². The molecule has 0 aliphatic carbocycles. The smallest absolute Gasteiger partial charge is 0.143 e. The molecule has 4 nitrogen and oxygen atoms in total. The van der Waals surface area contributed by atoms with E-state index in [1.165, 1.54) is 0 Å². The number of anilines is 1. The van der Waals surface area contributed by atoms with Gasteiger partial charge in [-0.15, -0.1) is 0 Å². The molecule has 0 radical (unpaired) electrons. The lowest BCUT2D eigenvalue weighted by molar-refractivity contribution is 0.416. The molecular weight excluding hydrogens is 178 g/mol. The van der Waals surface area contributed by atoms with Crippen molar-refractivity contribution in [2.75, 3.05) is 12.4 Å². The van der Waals surface area contributed by atoms with Gasteiger partial charge in [-0.3, -0.25) is 0 Å². The number of nitrogens with one attached hydrogen (secondary N) is 1. The maximum absolute atomic E-state index is 5.75. The van der Waals surface area contributed by atoms with Crippen molar-refractivity contribution in [3.05, 3.63) is 36.2 Å². The molecule has 1 aliphatic heterocycles. The van der Waals surface area contributed by atoms with Gasteiger partial charge in [0.05, 0.1) is 12.8 Å². The number of amidine groups is 1. The highest BCUT2D eigenvalue weighted by Crippen LogP contribution is 2.31. The van der Waals surface area contributed by atoms with Crippen LogP contribution in [0.5, 0.6) is 5.75 Å². The molecule has 1 aliphatic rings. The summed E-state index contributed by atoms with van der Waals surface area (Å²) in [5, 5.41) is 3.02. The molecule has 72 valence electrons. The molecule has 14 heavy (non-hydrogen) atoms. The fourth-order valence-corrected chi connectivity index (χ4v) is 1.42. The molecule has 3 N–H and O–H groups in total. The third-order valence-corrected chi connectivity index (χ3v) is 2.05. The first-order valence-corrected chi connectivity index (χ1v) is 4.20. The van der Waals surface area contributed by atoms with Crippen molar-refractivity contribution in [1.82, 2.24) is 0 Å². The normalized spacial score (nSPS) is 14.1. The fourth-order valence-electron chi connectivity index (χ4n) is 1.42. The summed E-state index contributed by atoms with van der Waals surface area (Å²) in [6, 6.07) is 5.61. The quantitative estimate of drug-likeness (QED) is 0.700. The van der Waals surface area contributed by atoms with Gasteiger partial charge < -0.3 is 15.8 Å². The maximum atomic E-state index is 5.75. The van der Waals surface area contributed by atoms with E-state index in [2.05, 4.69) is 16.9 Å². The summed E-state index contributed by atoms with van der Waals surface area (Å²) in [6.07, 6.45) is 0. The van der Waals surface area contributed by atoms with Crippen LogP contribution in [-0.4, -0.2) is 12.9 Å². The van der Waals surface area contributed by atoms with Crippen LogP contribution in [0, 0.1) is 0 Å². The molecule has 0 aromatic heterocycles. The number of para-hydroxylation sites is 1. The molecule has 0 unspecified atom stereocenters. The highest BCUT2D eigenvalue weighted by atomic mass is 16.5. The summed E-state index contributed by atoms with van der Waals surface area (Å²) in [7, 11) is 1.61. The lowest BCUT2D eigenvalue weighted by Crippen LogP contribution is -2.21. The number of benzene rings is 1. The van der Waals surface area contributed by atoms with Gasteiger partial charge in [-0.2, -0.15) is 0 Å². The van der Waals surface area contributed by atoms with Crippen molar-refractivity contribution in [2.45, 2.75) is 0 Å². The first-order valence-electron chi connectivity index (χ1n) is 4.20. The van der Waals surface area contributed by atoms with Crippen LogP contribution in [0.25, 0.3) is 0 Å². The Kier molecular flexibility index (Phi) is 1.89. The molecule has 4 heteroatoms. The first kappa shape index (κ1) is 8.62. The zero-order valence-electron chi connectivity index (χ0n) is 7.87. The summed E-state index contributed by atoms with van der Waals surface area (Å²) in [6.45, 7) is 3.70. The minimum Gasteiger partial charge on any atom is -0.495 e. The number of nitrogens with zero attached hydrogens (tertiary/aromatic N) is 1. The molecule has 0 saturated carbocycles. The number of hydrogen-bond donors (Lipinski definition) is 2. The van der Waals surface area contributed by atoms with Crippen LogP contribution in [0.4, 0.5) is 5.69 Å². The summed E-state index contributed by atoms with van der Waals surface area (Å²) < 4.78 is 5.20. The van der Waals surface area contributed by atoms with Crippen molar-refractivity contribution < 1.29 is 4.74 Å². The Hall–Kier alpha value is -1.97. The van der Waals surface area contributed by atoms with Crippen molar-refractivity contribution in [3.8, 4) is 5.75 Å². The summed E-state index contributed by atoms with van der Waals surface area (Å²) >= 11 is 0. The predicted octanol–water partition coefficient (Wildman–Crippen LogP) is 1.30. The molecule has 1 heterocycles. The lowest BCUT2D eigenvalue weighted by atomic mass is 10.1. The Morgan fingerprint density at radius 3 is 3.00 bits per heavy atom. The summed E-state index contributed by atoms with van der Waals surface area (Å²) in [5.74, 6) is 1.73. The molecule has 1 aromatic carbocycles. The van der Waals surface area contributed by atoms with Crippen molar-refractivity contribution in [2.24, 2.45) is 10.7 Å². The number of ether oxygens (including phenoxy) is 1. The third-order valence-electron chi connectivity index (χ3n) is 2.05. The topological polar surface area (TPSA) is 59.6 Å². The SMILES string of the molecule is C=C1N=C(N)c2cccc(OC)c2N1. The Morgan fingerprint density at radius 1 is 1.50 bits per heavy atom. The molecule has 2 rings (SSSR count). The Balaban J connectivity index is 2.62. The molecule has 0 amide bonds. The second kappa shape index (κ2) is 3.06. The van der Waals surface area contributed by atoms with E-state index >= 15 is 0 Å². The average molecular weight is 189 g/mol. The fraction of sp³-hybridized carbons (Fsp3) is 0.100. The van der Waals surface area contributed by atoms with E-state index in [1.54, 1.807) is 7.11 Å². The second-order valence-electron chi connectivity index (χ2n) is 2.95. The highest BCUT2D eigenvalue weighted by molar-refractivity contribution is 6.06. The summed E-state index contributed by atoms with van der Waals surface area (Å²) in [4.78, 5) is 4.03. The van der Waals surface area contributed by atoms with E-state index in [0.717, 1.165) is 17.0 Å². The van der Waals surface area contributed by atoms with Crippen molar-refractivity contribution in [1.29, 1.82) is 0 Å². The highest BCUT2D eigenvalue weighted by Gasteiger charge is 2.16. The monoisotopic (exact) mass is 189 g/mol. The van der Waals surface area contributed by atoms with E-state index in [9.17, 15) is 0 Å². The number of hydrogen-bond acceptors (Lipinski definition) is 4. The zero-order chi connectivity index (χ0) is 10.1. The maximum Gasteiger partial charge on any atom is 0.143 e. The number of nitrogens with two attached hydrogens (primary N) is 1. The van der Waals surface area contributed by atoms with Gasteiger partial charge in [0.25, 0.3) is 0 Å². The van der Waals surface area contributed by atoms with Gasteiger partial charge in [-0.1, -0.05) is 12.6 Å². The predicted molar refractivity (Wildman–Crippen MR) is 56.5 cm³/mol. The van der Waals surface area contributed by atoms with E-state index in [-0.39, 0.29) is 0 Å². The van der Waals surface area contributed by atoms with Gasteiger partial charge in [0, 0.05) is 5.56 Å². The van der Waals surface area contributed by atoms with Crippen LogP contribution in [0.2, 0.25) is 0 Å². The van der Waals surface area contributed by atoms with Crippen LogP contribution < -0.4 is 15.8 Å². The van der Waals surface area contributed by atoms with Crippen LogP contribution in [-0.2, 0) is 0 Å². The van der Waals surface area contributed by atoms with Crippen LogP contribution >= 0.6 is 0 Å². The van der Waals surface area contributed by atoms with E-state index < -0.39 is 0 Å². The van der Waals surface area contributed by atoms with Gasteiger partial charge >= 0.3 is 0 Å². The molecule has 0 spiro atoms. The van der Waals surface area contributed by atoms with Gasteiger partial charge in [-0.05, 0) is 12.1 Å². The number of fused-ring (bicyclic) bond motifs is 1. The molecule has 0 bridgehead atoms. The van der Waals surface area contributed by atoms with Gasteiger partial charge in [0.1, 0.15) is 17.4 Å². The van der Waals surface area contributed by atoms with Crippen LogP contribution in [0.15, 0.2) is 35.6 Å². The van der Waals surface area contributed by atoms with E-state index in [0.29, 0.717) is 11.7 Å². The largest absolute Gasteiger partial charge is 0.495 e. The number of methoxy groups -OCH3 is 1. The molecule has 0 fully saturated rings. The molecular formula is C10H11N3O. The minimum absolute atomic E-state index is 0.461. The minimum atomic E-state index is 0.461. The van der Waals surface area contributed by atoms with Crippen LogP contribution in [0.1, 0.15) is 5.56 Å². The summed E-state index contributed by atoms with van der Waals surface area (Å²) in [5.41, 5.74) is 7.42. The number of rotatable bonds is 1. The second-order valence-corrected chi connectivity index (χ2v) is 2.95. The van der Waals surface area contributed by atoms with Crippen molar-refractivity contribution >= 4 is 11.5 Å². The Bertz CT molecular complexity index is 423. The molecule has 1 aromatic rings. The van der Waals surface area contributed by atoms with Gasteiger partial charge in [0.15, 0.2) is 0 Å². The van der Waals surface area contributed by atoms with E-state index in [4.69, 9.17) is 10.5 Å². The first-order chi connectivity index (χ1) is 6.72. The van der Waals surface area contributed by atoms with E-state index in [1.807, 2.05) is 18.2 Å². The standard InChI is InChI=1S/C10H11N3O/c1-6-12-9-7(10(11)13-6)4-3-5-8(9)14-2/h3-5,12H,1H2,2H3,(H2,11,13). The molecule has 0 atom stereocenters. The van der Waals surface area contributed by atoms with Gasteiger partial charge in [0.2, 0.25) is 0 Å². The Morgan fingerprint density at radius 2 is 2.29 bits per heavy atom.